The fourth-order valence-electron chi connectivity index (χ4n) is 3.49. The molecule has 1 unspecified atom stereocenters. The van der Waals surface area contributed by atoms with E-state index in [1.165, 1.54) is 0 Å². The fraction of sp³-hybridized carbons (Fsp3) is 0.143. The molecule has 9 heteroatoms. The zero-order valence-corrected chi connectivity index (χ0v) is 17.5. The van der Waals surface area contributed by atoms with Gasteiger partial charge in [-0.25, -0.2) is 0 Å². The third kappa shape index (κ3) is 3.20. The summed E-state index contributed by atoms with van der Waals surface area (Å²) in [4.78, 5) is 0. The highest BCUT2D eigenvalue weighted by molar-refractivity contribution is 6.42. The normalized spacial score (nSPS) is 15.2. The van der Waals surface area contributed by atoms with E-state index in [0.29, 0.717) is 38.4 Å². The maximum atomic E-state index is 9.88. The molecule has 0 radical (unpaired) electrons. The number of nitrogens with one attached hydrogen (secondary N) is 1. The number of nitrogens with two attached hydrogens (primary N) is 1. The summed E-state index contributed by atoms with van der Waals surface area (Å²) in [5.74, 6) is 0.811. The third-order valence-electron chi connectivity index (χ3n) is 4.90. The Kier molecular flexibility index (Phi) is 5.20. The van der Waals surface area contributed by atoms with Crippen LogP contribution in [0.25, 0.3) is 11.3 Å². The van der Waals surface area contributed by atoms with Crippen molar-refractivity contribution in [3.63, 3.8) is 0 Å². The van der Waals surface area contributed by atoms with Gasteiger partial charge in [-0.15, -0.1) is 5.10 Å². The summed E-state index contributed by atoms with van der Waals surface area (Å²) in [6.45, 7) is 0. The molecule has 0 spiro atoms. The Morgan fingerprint density at radius 2 is 1.93 bits per heavy atom. The Balaban J connectivity index is 1.99. The summed E-state index contributed by atoms with van der Waals surface area (Å²) in [7, 11) is 3.12. The molecule has 7 nitrogen and oxygen atoms in total. The van der Waals surface area contributed by atoms with E-state index in [2.05, 4.69) is 16.3 Å². The summed E-state index contributed by atoms with van der Waals surface area (Å²) in [6, 6.07) is 12.7. The van der Waals surface area contributed by atoms with Gasteiger partial charge in [0.2, 0.25) is 11.8 Å². The van der Waals surface area contributed by atoms with Gasteiger partial charge in [0.15, 0.2) is 0 Å². The van der Waals surface area contributed by atoms with Crippen LogP contribution in [0, 0.1) is 11.3 Å². The van der Waals surface area contributed by atoms with Gasteiger partial charge in [0.05, 0.1) is 41.4 Å². The highest BCUT2D eigenvalue weighted by Crippen LogP contribution is 2.48. The lowest BCUT2D eigenvalue weighted by Crippen LogP contribution is -2.21. The maximum Gasteiger partial charge on any atom is 0.244 e. The summed E-state index contributed by atoms with van der Waals surface area (Å²) in [5, 5.41) is 17.9. The molecule has 3 N–H and O–H groups in total. The van der Waals surface area contributed by atoms with Crippen molar-refractivity contribution in [2.45, 2.75) is 5.92 Å². The van der Waals surface area contributed by atoms with E-state index in [1.807, 2.05) is 0 Å². The van der Waals surface area contributed by atoms with Crippen LogP contribution in [0.5, 0.6) is 17.4 Å². The number of ether oxygens (including phenoxy) is 3. The topological polar surface area (TPSA) is 106 Å². The zero-order chi connectivity index (χ0) is 21.4. The fourth-order valence-corrected chi connectivity index (χ4v) is 3.79. The second-order valence-electron chi connectivity index (χ2n) is 6.48. The minimum absolute atomic E-state index is 0.0212. The van der Waals surface area contributed by atoms with Gasteiger partial charge in [0.25, 0.3) is 0 Å². The minimum Gasteiger partial charge on any atom is -0.497 e. The summed E-state index contributed by atoms with van der Waals surface area (Å²) in [5.41, 5.74) is 8.96. The molecular weight excluding hydrogens is 427 g/mol. The van der Waals surface area contributed by atoms with E-state index in [1.54, 1.807) is 50.6 Å². The second kappa shape index (κ2) is 7.82. The van der Waals surface area contributed by atoms with Crippen LogP contribution in [0.1, 0.15) is 17.0 Å². The first-order chi connectivity index (χ1) is 14.5. The number of aromatic nitrogens is 2. The smallest absolute Gasteiger partial charge is 0.244 e. The summed E-state index contributed by atoms with van der Waals surface area (Å²) >= 11 is 12.3. The third-order valence-corrected chi connectivity index (χ3v) is 5.63. The van der Waals surface area contributed by atoms with Gasteiger partial charge < -0.3 is 19.9 Å². The number of benzene rings is 2. The molecule has 1 aliphatic heterocycles. The molecule has 0 fully saturated rings. The van der Waals surface area contributed by atoms with Gasteiger partial charge in [-0.2, -0.15) is 5.26 Å². The highest BCUT2D eigenvalue weighted by atomic mass is 35.5. The van der Waals surface area contributed by atoms with Crippen molar-refractivity contribution in [1.82, 2.24) is 10.2 Å². The Bertz CT molecular complexity index is 1210. The molecule has 1 aliphatic rings. The first-order valence-electron chi connectivity index (χ1n) is 8.81. The number of hydrogen-bond acceptors (Lipinski definition) is 6. The Hall–Kier alpha value is -3.34. The van der Waals surface area contributed by atoms with Crippen molar-refractivity contribution in [3.8, 4) is 34.7 Å². The molecule has 1 aromatic heterocycles. The van der Waals surface area contributed by atoms with Crippen molar-refractivity contribution in [2.24, 2.45) is 5.73 Å². The molecule has 0 saturated heterocycles. The number of methoxy groups -OCH3 is 2. The molecule has 0 saturated carbocycles. The van der Waals surface area contributed by atoms with E-state index in [4.69, 9.17) is 43.1 Å². The highest BCUT2D eigenvalue weighted by Gasteiger charge is 2.37. The van der Waals surface area contributed by atoms with E-state index in [0.717, 1.165) is 5.56 Å². The van der Waals surface area contributed by atoms with Gasteiger partial charge >= 0.3 is 0 Å². The van der Waals surface area contributed by atoms with Crippen molar-refractivity contribution in [2.75, 3.05) is 14.2 Å². The average molecular weight is 443 g/mol. The van der Waals surface area contributed by atoms with Crippen LogP contribution < -0.4 is 19.9 Å². The number of allylic oxidation sites excluding steroid dienone is 1. The van der Waals surface area contributed by atoms with Crippen LogP contribution in [0.4, 0.5) is 0 Å². The number of fused-ring (bicyclic) bond motifs is 1. The van der Waals surface area contributed by atoms with E-state index < -0.39 is 5.92 Å². The molecule has 2 heterocycles. The zero-order valence-electron chi connectivity index (χ0n) is 16.0. The number of hydrogen-bond donors (Lipinski definition) is 2. The summed E-state index contributed by atoms with van der Waals surface area (Å²) < 4.78 is 16.6. The van der Waals surface area contributed by atoms with Crippen LogP contribution in [0.3, 0.4) is 0 Å². The molecule has 0 aliphatic carbocycles. The lowest BCUT2D eigenvalue weighted by molar-refractivity contribution is 0.373. The molecule has 0 bridgehead atoms. The predicted molar refractivity (Wildman–Crippen MR) is 113 cm³/mol. The molecular formula is C21H16Cl2N4O3. The lowest BCUT2D eigenvalue weighted by atomic mass is 9.82. The first kappa shape index (κ1) is 20.0. The van der Waals surface area contributed by atoms with Crippen molar-refractivity contribution < 1.29 is 14.2 Å². The Morgan fingerprint density at radius 3 is 2.60 bits per heavy atom. The molecule has 30 heavy (non-hydrogen) atoms. The molecule has 3 aromatic rings. The lowest BCUT2D eigenvalue weighted by Gasteiger charge is -2.25. The van der Waals surface area contributed by atoms with Gasteiger partial charge in [-0.3, -0.25) is 5.10 Å². The maximum absolute atomic E-state index is 9.88. The molecule has 152 valence electrons. The monoisotopic (exact) mass is 442 g/mol. The number of aromatic amines is 1. The van der Waals surface area contributed by atoms with Crippen molar-refractivity contribution in [1.29, 1.82) is 5.26 Å². The van der Waals surface area contributed by atoms with Crippen molar-refractivity contribution in [3.05, 3.63) is 69.0 Å². The molecule has 4 rings (SSSR count). The van der Waals surface area contributed by atoms with Gasteiger partial charge in [-0.05, 0) is 30.3 Å². The number of rotatable bonds is 4. The van der Waals surface area contributed by atoms with Gasteiger partial charge in [0, 0.05) is 11.1 Å². The first-order valence-corrected chi connectivity index (χ1v) is 9.57. The van der Waals surface area contributed by atoms with Gasteiger partial charge in [-0.1, -0.05) is 29.3 Å². The Labute approximate surface area is 182 Å². The number of H-pyrrole nitrogens is 1. The van der Waals surface area contributed by atoms with Crippen LogP contribution in [-0.4, -0.2) is 24.4 Å². The summed E-state index contributed by atoms with van der Waals surface area (Å²) in [6.07, 6.45) is 0. The van der Waals surface area contributed by atoms with Crippen LogP contribution in [0.2, 0.25) is 10.0 Å². The standard InChI is InChI=1S/C21H16Cl2N4O3/c1-28-11-4-6-16(29-2)12(8-11)17-13(9-24)20(25)30-21-18(17)19(26-27-21)10-3-5-14(22)15(23)7-10/h3-8,17H,25H2,1-2H3,(H,26,27). The van der Waals surface area contributed by atoms with E-state index >= 15 is 0 Å². The quantitative estimate of drug-likeness (QED) is 0.610. The van der Waals surface area contributed by atoms with E-state index in [-0.39, 0.29) is 17.3 Å². The van der Waals surface area contributed by atoms with Crippen molar-refractivity contribution >= 4 is 23.2 Å². The average Bonchev–Trinajstić information content (AvgIpc) is 3.17. The Morgan fingerprint density at radius 1 is 1.13 bits per heavy atom. The number of nitrogens with zero attached hydrogens (tertiary/aromatic N) is 2. The minimum atomic E-state index is -0.605. The number of halogens is 2. The SMILES string of the molecule is COc1ccc(OC)c(C2C(C#N)=C(N)Oc3n[nH]c(-c4ccc(Cl)c(Cl)c4)c32)c1. The second-order valence-corrected chi connectivity index (χ2v) is 7.29. The molecule has 0 amide bonds. The van der Waals surface area contributed by atoms with E-state index in [9.17, 15) is 5.26 Å². The predicted octanol–water partition coefficient (Wildman–Crippen LogP) is 4.62. The van der Waals surface area contributed by atoms with Crippen LogP contribution >= 0.6 is 23.2 Å². The largest absolute Gasteiger partial charge is 0.497 e. The number of nitriles is 1. The van der Waals surface area contributed by atoms with Crippen LogP contribution in [-0.2, 0) is 0 Å². The molecule has 2 aromatic carbocycles. The van der Waals surface area contributed by atoms with Crippen LogP contribution in [0.15, 0.2) is 47.9 Å². The van der Waals surface area contributed by atoms with Gasteiger partial charge in [0.1, 0.15) is 23.1 Å². The molecule has 1 atom stereocenters.